The first-order chi connectivity index (χ1) is 13.4. The van der Waals surface area contributed by atoms with Crippen LogP contribution in [-0.2, 0) is 0 Å². The first kappa shape index (κ1) is 23.8. The second kappa shape index (κ2) is 12.3. The van der Waals surface area contributed by atoms with Gasteiger partial charge in [-0.2, -0.15) is 11.8 Å². The van der Waals surface area contributed by atoms with E-state index in [9.17, 15) is 8.78 Å². The highest BCUT2D eigenvalue weighted by Crippen LogP contribution is 2.26. The highest BCUT2D eigenvalue weighted by molar-refractivity contribution is 7.98. The number of aromatic nitrogens is 4. The molecule has 0 saturated heterocycles. The lowest BCUT2D eigenvalue weighted by atomic mass is 10.2. The van der Waals surface area contributed by atoms with Crippen LogP contribution in [0.15, 0.2) is 24.7 Å². The van der Waals surface area contributed by atoms with Crippen LogP contribution in [0, 0.1) is 17.6 Å². The van der Waals surface area contributed by atoms with Crippen molar-refractivity contribution in [3.05, 3.63) is 36.3 Å². The summed E-state index contributed by atoms with van der Waals surface area (Å²) in [4.78, 5) is 15.1. The van der Waals surface area contributed by atoms with E-state index in [0.717, 1.165) is 24.1 Å². The predicted molar refractivity (Wildman–Crippen MR) is 116 cm³/mol. The molecule has 0 saturated carbocycles. The fourth-order valence-electron chi connectivity index (χ4n) is 2.06. The van der Waals surface area contributed by atoms with Crippen LogP contribution < -0.4 is 5.32 Å². The molecule has 3 heterocycles. The minimum absolute atomic E-state index is 0.137. The Hall–Kier alpha value is -2.22. The molecule has 3 aromatic heterocycles. The summed E-state index contributed by atoms with van der Waals surface area (Å²) in [7, 11) is 0. The molecular weight excluding hydrogens is 380 g/mol. The molecule has 154 valence electrons. The summed E-state index contributed by atoms with van der Waals surface area (Å²) in [6.07, 6.45) is 5.84. The maximum atomic E-state index is 13.7. The summed E-state index contributed by atoms with van der Waals surface area (Å²) in [6.45, 7) is 11.1. The molecule has 0 radical (unpaired) electrons. The van der Waals surface area contributed by atoms with Crippen LogP contribution in [-0.4, -0.2) is 38.5 Å². The van der Waals surface area contributed by atoms with E-state index >= 15 is 0 Å². The van der Waals surface area contributed by atoms with Crippen LogP contribution in [0.1, 0.15) is 34.6 Å². The molecule has 8 heteroatoms. The molecule has 0 aromatic carbocycles. The van der Waals surface area contributed by atoms with E-state index < -0.39 is 11.6 Å². The van der Waals surface area contributed by atoms with Gasteiger partial charge in [0.25, 0.3) is 0 Å². The maximum absolute atomic E-state index is 13.7. The highest BCUT2D eigenvalue weighted by atomic mass is 32.2. The second-order valence-corrected chi connectivity index (χ2v) is 7.28. The van der Waals surface area contributed by atoms with Gasteiger partial charge in [-0.05, 0) is 18.2 Å². The highest BCUT2D eigenvalue weighted by Gasteiger charge is 2.13. The molecule has 0 spiro atoms. The topological polar surface area (TPSA) is 66.5 Å². The average molecular weight is 410 g/mol. The number of nitrogens with one attached hydrogen (secondary N) is 2. The van der Waals surface area contributed by atoms with Crippen molar-refractivity contribution >= 4 is 28.6 Å². The Morgan fingerprint density at radius 1 is 1.14 bits per heavy atom. The number of hydrogen-bond acceptors (Lipinski definition) is 5. The SMILES string of the molecule is CC.CC(C)C.CSCCNc1nc(-c2c[nH]c3ncc(F)cc23)ncc1F. The number of pyridine rings is 1. The largest absolute Gasteiger partial charge is 0.367 e. The normalized spacial score (nSPS) is 10.2. The standard InChI is InChI=1S/C14H13F2N5S.C4H10.C2H6/c1-22-3-2-17-14-11(16)7-20-13(21-14)10-6-19-12-9(10)4-8(15)5-18-12;1-4(2)3;1-2/h4-7H,2-3H2,1H3,(H,18,19)(H,17,20,21);4H,1-3H3;1-2H3. The molecule has 0 aliphatic heterocycles. The number of fused-ring (bicyclic) bond motifs is 1. The lowest BCUT2D eigenvalue weighted by Crippen LogP contribution is -2.08. The van der Waals surface area contributed by atoms with Crippen molar-refractivity contribution in [1.29, 1.82) is 0 Å². The number of rotatable bonds is 5. The zero-order chi connectivity index (χ0) is 21.1. The van der Waals surface area contributed by atoms with Gasteiger partial charge in [-0.3, -0.25) is 0 Å². The number of hydrogen-bond donors (Lipinski definition) is 2. The maximum Gasteiger partial charge on any atom is 0.183 e. The Labute approximate surface area is 169 Å². The molecule has 5 nitrogen and oxygen atoms in total. The molecule has 0 fully saturated rings. The second-order valence-electron chi connectivity index (χ2n) is 6.29. The molecule has 28 heavy (non-hydrogen) atoms. The number of halogens is 2. The zero-order valence-corrected chi connectivity index (χ0v) is 18.1. The number of aromatic amines is 1. The Kier molecular flexibility index (Phi) is 10.4. The molecule has 3 aromatic rings. The Morgan fingerprint density at radius 2 is 1.82 bits per heavy atom. The number of anilines is 1. The van der Waals surface area contributed by atoms with Crippen molar-refractivity contribution < 1.29 is 8.78 Å². The van der Waals surface area contributed by atoms with Crippen molar-refractivity contribution in [3.8, 4) is 11.4 Å². The van der Waals surface area contributed by atoms with Gasteiger partial charge in [-0.1, -0.05) is 34.6 Å². The molecular formula is C20H29F2N5S. The summed E-state index contributed by atoms with van der Waals surface area (Å²) < 4.78 is 27.1. The molecule has 0 atom stereocenters. The number of nitrogens with zero attached hydrogens (tertiary/aromatic N) is 3. The van der Waals surface area contributed by atoms with Gasteiger partial charge in [0.1, 0.15) is 11.5 Å². The third-order valence-electron chi connectivity index (χ3n) is 3.08. The van der Waals surface area contributed by atoms with Crippen LogP contribution in [0.5, 0.6) is 0 Å². The van der Waals surface area contributed by atoms with Gasteiger partial charge in [0.15, 0.2) is 17.5 Å². The van der Waals surface area contributed by atoms with Crippen LogP contribution in [0.4, 0.5) is 14.6 Å². The third-order valence-corrected chi connectivity index (χ3v) is 3.69. The Bertz CT molecular complexity index is 849. The van der Waals surface area contributed by atoms with Crippen LogP contribution in [0.2, 0.25) is 0 Å². The van der Waals surface area contributed by atoms with E-state index in [1.54, 1.807) is 18.0 Å². The van der Waals surface area contributed by atoms with E-state index in [0.29, 0.717) is 29.0 Å². The van der Waals surface area contributed by atoms with Gasteiger partial charge < -0.3 is 10.3 Å². The minimum Gasteiger partial charge on any atom is -0.367 e. The Morgan fingerprint density at radius 3 is 2.46 bits per heavy atom. The fourth-order valence-corrected chi connectivity index (χ4v) is 2.36. The zero-order valence-electron chi connectivity index (χ0n) is 17.3. The Balaban J connectivity index is 0.000000583. The molecule has 0 amide bonds. The van der Waals surface area contributed by atoms with Crippen molar-refractivity contribution in [2.45, 2.75) is 34.6 Å². The van der Waals surface area contributed by atoms with Crippen LogP contribution >= 0.6 is 11.8 Å². The van der Waals surface area contributed by atoms with Crippen molar-refractivity contribution in [3.63, 3.8) is 0 Å². The van der Waals surface area contributed by atoms with Crippen molar-refractivity contribution in [2.24, 2.45) is 5.92 Å². The summed E-state index contributed by atoms with van der Waals surface area (Å²) in [5.41, 5.74) is 1.11. The van der Waals surface area contributed by atoms with E-state index in [4.69, 9.17) is 0 Å². The van der Waals surface area contributed by atoms with E-state index in [2.05, 4.69) is 46.0 Å². The minimum atomic E-state index is -0.519. The summed E-state index contributed by atoms with van der Waals surface area (Å²) in [5, 5.41) is 3.49. The van der Waals surface area contributed by atoms with Crippen LogP contribution in [0.25, 0.3) is 22.4 Å². The van der Waals surface area contributed by atoms with E-state index in [1.165, 1.54) is 6.07 Å². The smallest absolute Gasteiger partial charge is 0.183 e. The van der Waals surface area contributed by atoms with Gasteiger partial charge in [0, 0.05) is 29.4 Å². The van der Waals surface area contributed by atoms with Gasteiger partial charge in [-0.15, -0.1) is 0 Å². The van der Waals surface area contributed by atoms with Gasteiger partial charge in [0.2, 0.25) is 0 Å². The lowest BCUT2D eigenvalue weighted by Gasteiger charge is -2.07. The quantitative estimate of drug-likeness (QED) is 0.524. The number of H-pyrrole nitrogens is 1. The molecule has 2 N–H and O–H groups in total. The first-order valence-electron chi connectivity index (χ1n) is 9.30. The molecule has 3 rings (SSSR count). The summed E-state index contributed by atoms with van der Waals surface area (Å²) in [6, 6.07) is 1.35. The van der Waals surface area contributed by atoms with Crippen LogP contribution in [0.3, 0.4) is 0 Å². The van der Waals surface area contributed by atoms with Gasteiger partial charge in [-0.25, -0.2) is 23.7 Å². The third kappa shape index (κ3) is 7.07. The monoisotopic (exact) mass is 409 g/mol. The molecule has 0 unspecified atom stereocenters. The van der Waals surface area contributed by atoms with E-state index in [1.807, 2.05) is 20.1 Å². The average Bonchev–Trinajstić information content (AvgIpc) is 3.08. The fraction of sp³-hybridized carbons (Fsp3) is 0.450. The van der Waals surface area contributed by atoms with E-state index in [-0.39, 0.29) is 5.82 Å². The summed E-state index contributed by atoms with van der Waals surface area (Å²) >= 11 is 1.65. The van der Waals surface area contributed by atoms with Gasteiger partial charge >= 0.3 is 0 Å². The lowest BCUT2D eigenvalue weighted by molar-refractivity contribution is 0.618. The molecule has 0 bridgehead atoms. The molecule has 0 aliphatic carbocycles. The van der Waals surface area contributed by atoms with Gasteiger partial charge in [0.05, 0.1) is 12.4 Å². The summed E-state index contributed by atoms with van der Waals surface area (Å²) in [5.74, 6) is 1.15. The molecule has 0 aliphatic rings. The predicted octanol–water partition coefficient (Wildman–Crippen LogP) is 5.76. The van der Waals surface area contributed by atoms with Crippen molar-refractivity contribution in [1.82, 2.24) is 19.9 Å². The van der Waals surface area contributed by atoms with Crippen molar-refractivity contribution in [2.75, 3.05) is 23.9 Å². The number of thioether (sulfide) groups is 1. The first-order valence-corrected chi connectivity index (χ1v) is 10.7.